The normalized spacial score (nSPS) is 22.9. The molecule has 358 valence electrons. The van der Waals surface area contributed by atoms with E-state index >= 15 is 0 Å². The first-order chi connectivity index (χ1) is 32.0. The standard InChI is InChI=1S/C65H79BN2S/c1-38-30-52-56-53(31-38)68(40-19-21-43-45(33-40)61(8,9)25-23-59(43,4)5)57-55(41-34-46-49(37-54(41)69-57)65(16,17)29-26-62(46,10)11)66(56)50-35-47-48(64(14,15)28-27-63(47,12)13)36-51(50)67(52)39-18-20-42-44(32-39)60(6,7)24-22-58(42,2)3/h18-21,30-37H,22-29H2,1-17H3. The highest BCUT2D eigenvalue weighted by Crippen LogP contribution is 2.56. The molecule has 0 fully saturated rings. The van der Waals surface area contributed by atoms with Crippen molar-refractivity contribution in [3.05, 3.63) is 123 Å². The van der Waals surface area contributed by atoms with Crippen molar-refractivity contribution >= 4 is 78.0 Å². The third-order valence-electron chi connectivity index (χ3n) is 20.0. The molecule has 69 heavy (non-hydrogen) atoms. The summed E-state index contributed by atoms with van der Waals surface area (Å²) in [5.41, 5.74) is 25.5. The number of hydrogen-bond donors (Lipinski definition) is 0. The second kappa shape index (κ2) is 14.0. The maximum atomic E-state index is 2.75. The Morgan fingerprint density at radius 2 is 0.754 bits per heavy atom. The second-order valence-electron chi connectivity index (χ2n) is 28.5. The number of anilines is 6. The predicted octanol–water partition coefficient (Wildman–Crippen LogP) is 16.7. The van der Waals surface area contributed by atoms with E-state index in [1.54, 1.807) is 16.7 Å². The Balaban J connectivity index is 1.22. The summed E-state index contributed by atoms with van der Waals surface area (Å²) >= 11 is 2.06. The molecule has 0 N–H and O–H groups in total. The van der Waals surface area contributed by atoms with E-state index in [2.05, 4.69) is 212 Å². The maximum Gasteiger partial charge on any atom is 0.254 e. The van der Waals surface area contributed by atoms with Crippen molar-refractivity contribution in [2.45, 2.75) is 212 Å². The van der Waals surface area contributed by atoms with E-state index in [1.807, 2.05) is 0 Å². The van der Waals surface area contributed by atoms with Gasteiger partial charge in [0.05, 0.1) is 5.00 Å². The van der Waals surface area contributed by atoms with Crippen molar-refractivity contribution in [3.8, 4) is 0 Å². The molecular formula is C65H79BN2S. The summed E-state index contributed by atoms with van der Waals surface area (Å²) in [6.07, 6.45) is 9.62. The Hall–Kier alpha value is -4.28. The number of nitrogens with zero attached hydrogens (tertiary/aromatic N) is 2. The molecular weight excluding hydrogens is 852 g/mol. The fraction of sp³-hybridized carbons (Fsp3) is 0.508. The van der Waals surface area contributed by atoms with E-state index < -0.39 is 0 Å². The quantitative estimate of drug-likeness (QED) is 0.159. The first-order valence-corrected chi connectivity index (χ1v) is 27.7. The molecule has 6 aromatic rings. The van der Waals surface area contributed by atoms with Crippen LogP contribution in [0.1, 0.15) is 212 Å². The molecule has 3 heterocycles. The highest BCUT2D eigenvalue weighted by Gasteiger charge is 2.50. The summed E-state index contributed by atoms with van der Waals surface area (Å²) in [6, 6.07) is 31.2. The van der Waals surface area contributed by atoms with Gasteiger partial charge in [0, 0.05) is 33.1 Å². The molecule has 4 heteroatoms. The van der Waals surface area contributed by atoms with E-state index in [0.29, 0.717) is 0 Å². The predicted molar refractivity (Wildman–Crippen MR) is 302 cm³/mol. The van der Waals surface area contributed by atoms with Gasteiger partial charge in [-0.2, -0.15) is 0 Å². The molecule has 0 bridgehead atoms. The smallest absolute Gasteiger partial charge is 0.254 e. The van der Waals surface area contributed by atoms with Crippen LogP contribution >= 0.6 is 11.3 Å². The molecule has 4 aliphatic carbocycles. The van der Waals surface area contributed by atoms with Crippen LogP contribution in [-0.4, -0.2) is 6.71 Å². The molecule has 6 aliphatic rings. The van der Waals surface area contributed by atoms with Crippen LogP contribution < -0.4 is 26.2 Å². The lowest BCUT2D eigenvalue weighted by atomic mass is 9.33. The van der Waals surface area contributed by atoms with Crippen LogP contribution in [0.3, 0.4) is 0 Å². The zero-order chi connectivity index (χ0) is 49.1. The number of fused-ring (bicyclic) bond motifs is 10. The van der Waals surface area contributed by atoms with Crippen molar-refractivity contribution in [2.75, 3.05) is 9.80 Å². The summed E-state index contributed by atoms with van der Waals surface area (Å²) in [4.78, 5) is 5.50. The fourth-order valence-corrected chi connectivity index (χ4v) is 16.0. The number of rotatable bonds is 2. The lowest BCUT2D eigenvalue weighted by Gasteiger charge is -2.48. The summed E-state index contributed by atoms with van der Waals surface area (Å²) in [7, 11) is 0. The Kier molecular flexibility index (Phi) is 9.31. The maximum absolute atomic E-state index is 2.75. The number of hydrogen-bond acceptors (Lipinski definition) is 3. The van der Waals surface area contributed by atoms with Crippen LogP contribution in [0.15, 0.2) is 72.8 Å². The highest BCUT2D eigenvalue weighted by molar-refractivity contribution is 7.26. The largest absolute Gasteiger partial charge is 0.311 e. The molecule has 0 atom stereocenters. The minimum Gasteiger partial charge on any atom is -0.311 e. The van der Waals surface area contributed by atoms with Crippen molar-refractivity contribution in [3.63, 3.8) is 0 Å². The summed E-state index contributed by atoms with van der Waals surface area (Å²) in [6.45, 7) is 42.3. The van der Waals surface area contributed by atoms with Gasteiger partial charge < -0.3 is 9.80 Å². The van der Waals surface area contributed by atoms with Gasteiger partial charge in [0.2, 0.25) is 0 Å². The monoisotopic (exact) mass is 931 g/mol. The molecule has 2 aliphatic heterocycles. The lowest BCUT2D eigenvalue weighted by Crippen LogP contribution is -2.61. The Morgan fingerprint density at radius 1 is 0.377 bits per heavy atom. The van der Waals surface area contributed by atoms with Gasteiger partial charge in [-0.1, -0.05) is 129 Å². The number of thiophene rings is 1. The van der Waals surface area contributed by atoms with Crippen LogP contribution in [0.25, 0.3) is 10.1 Å². The van der Waals surface area contributed by atoms with Crippen LogP contribution in [0.4, 0.5) is 33.4 Å². The molecule has 0 spiro atoms. The van der Waals surface area contributed by atoms with Gasteiger partial charge in [-0.3, -0.25) is 0 Å². The van der Waals surface area contributed by atoms with E-state index in [9.17, 15) is 0 Å². The number of benzene rings is 5. The summed E-state index contributed by atoms with van der Waals surface area (Å²) in [5.74, 6) is 0. The zero-order valence-corrected chi connectivity index (χ0v) is 46.3. The van der Waals surface area contributed by atoms with E-state index in [-0.39, 0.29) is 50.0 Å². The topological polar surface area (TPSA) is 6.48 Å². The Morgan fingerprint density at radius 3 is 1.23 bits per heavy atom. The Labute approximate surface area is 420 Å². The number of aryl methyl sites for hydroxylation is 1. The highest BCUT2D eigenvalue weighted by atomic mass is 32.1. The van der Waals surface area contributed by atoms with Crippen molar-refractivity contribution in [2.24, 2.45) is 0 Å². The van der Waals surface area contributed by atoms with Crippen molar-refractivity contribution < 1.29 is 0 Å². The van der Waals surface area contributed by atoms with Gasteiger partial charge in [-0.15, -0.1) is 11.3 Å². The molecule has 0 unspecified atom stereocenters. The Bertz CT molecular complexity index is 3220. The molecule has 1 aromatic heterocycles. The van der Waals surface area contributed by atoms with Crippen molar-refractivity contribution in [1.82, 2.24) is 0 Å². The second-order valence-corrected chi connectivity index (χ2v) is 29.6. The first-order valence-electron chi connectivity index (χ1n) is 26.9. The minimum atomic E-state index is 0.0706. The first kappa shape index (κ1) is 45.8. The molecule has 0 radical (unpaired) electrons. The summed E-state index contributed by atoms with van der Waals surface area (Å²) in [5, 5.41) is 2.86. The van der Waals surface area contributed by atoms with Crippen LogP contribution in [0, 0.1) is 6.92 Å². The van der Waals surface area contributed by atoms with E-state index in [1.165, 1.54) is 145 Å². The van der Waals surface area contributed by atoms with Gasteiger partial charge >= 0.3 is 0 Å². The third kappa shape index (κ3) is 6.47. The minimum absolute atomic E-state index is 0.0706. The molecule has 0 saturated heterocycles. The molecule has 5 aromatic carbocycles. The van der Waals surface area contributed by atoms with Gasteiger partial charge in [-0.25, -0.2) is 0 Å². The van der Waals surface area contributed by atoms with E-state index in [4.69, 9.17) is 0 Å². The average molecular weight is 931 g/mol. The van der Waals surface area contributed by atoms with Crippen LogP contribution in [0.5, 0.6) is 0 Å². The third-order valence-corrected chi connectivity index (χ3v) is 21.1. The molecule has 12 rings (SSSR count). The summed E-state index contributed by atoms with van der Waals surface area (Å²) < 4.78 is 1.43. The average Bonchev–Trinajstić information content (AvgIpc) is 3.64. The van der Waals surface area contributed by atoms with Crippen molar-refractivity contribution in [1.29, 1.82) is 0 Å². The van der Waals surface area contributed by atoms with Crippen LogP contribution in [-0.2, 0) is 43.3 Å². The van der Waals surface area contributed by atoms with E-state index in [0.717, 1.165) is 0 Å². The van der Waals surface area contributed by atoms with Gasteiger partial charge in [0.25, 0.3) is 6.71 Å². The molecule has 2 nitrogen and oxygen atoms in total. The SMILES string of the molecule is Cc1cc2c3c(c1)N(c1ccc4c(c1)C(C)(C)CCC4(C)C)c1sc4cc5c(cc4c1B3c1cc3c(cc1N2c1ccc2c(c1)C(C)(C)CCC2(C)C)C(C)(C)CCC3(C)C)C(C)(C)CCC5(C)C. The van der Waals surface area contributed by atoms with Gasteiger partial charge in [-0.05, 0) is 228 Å². The fourth-order valence-electron chi connectivity index (χ4n) is 14.7. The molecule has 0 saturated carbocycles. The zero-order valence-electron chi connectivity index (χ0n) is 45.5. The lowest BCUT2D eigenvalue weighted by molar-refractivity contribution is 0.332. The molecule has 0 amide bonds. The van der Waals surface area contributed by atoms with Gasteiger partial charge in [0.15, 0.2) is 0 Å². The van der Waals surface area contributed by atoms with Crippen LogP contribution in [0.2, 0.25) is 0 Å². The van der Waals surface area contributed by atoms with Gasteiger partial charge in [0.1, 0.15) is 0 Å².